The molecular weight excluding hydrogens is 440 g/mol. The molecule has 1 aliphatic carbocycles. The summed E-state index contributed by atoms with van der Waals surface area (Å²) in [6, 6.07) is 14.3. The Morgan fingerprint density at radius 3 is 2.71 bits per heavy atom. The summed E-state index contributed by atoms with van der Waals surface area (Å²) in [4.78, 5) is 29.3. The normalized spacial score (nSPS) is 19.7. The van der Waals surface area contributed by atoms with E-state index in [2.05, 4.69) is 15.2 Å². The monoisotopic (exact) mass is 472 g/mol. The Balaban J connectivity index is 1.49. The zero-order valence-corrected chi connectivity index (χ0v) is 20.1. The fraction of sp³-hybridized carbons (Fsp3) is 0.407. The van der Waals surface area contributed by atoms with Gasteiger partial charge in [0.15, 0.2) is 0 Å². The minimum Gasteiger partial charge on any atom is -0.462 e. The second kappa shape index (κ2) is 10.4. The Kier molecular flexibility index (Phi) is 6.90. The number of pyridine rings is 1. The number of benzene rings is 1. The van der Waals surface area contributed by atoms with Crippen molar-refractivity contribution in [2.24, 2.45) is 5.73 Å². The van der Waals surface area contributed by atoms with Crippen LogP contribution in [0.3, 0.4) is 0 Å². The van der Waals surface area contributed by atoms with Crippen molar-refractivity contribution in [2.75, 3.05) is 23.4 Å². The highest BCUT2D eigenvalue weighted by atomic mass is 16.5. The van der Waals surface area contributed by atoms with Crippen LogP contribution >= 0.6 is 0 Å². The number of ether oxygens (including phenoxy) is 1. The lowest BCUT2D eigenvalue weighted by atomic mass is 9.92. The molecule has 5 rings (SSSR count). The molecule has 2 aromatic heterocycles. The molecule has 1 aliphatic heterocycles. The number of aromatic nitrogens is 3. The van der Waals surface area contributed by atoms with E-state index < -0.39 is 0 Å². The van der Waals surface area contributed by atoms with Crippen molar-refractivity contribution >= 4 is 23.6 Å². The lowest BCUT2D eigenvalue weighted by Crippen LogP contribution is -2.33. The number of esters is 1. The summed E-state index contributed by atoms with van der Waals surface area (Å²) in [5.41, 5.74) is 9.08. The molecule has 182 valence electrons. The van der Waals surface area contributed by atoms with Crippen LogP contribution in [0.4, 0.5) is 17.6 Å². The quantitative estimate of drug-likeness (QED) is 0.506. The van der Waals surface area contributed by atoms with Gasteiger partial charge in [-0.1, -0.05) is 30.3 Å². The lowest BCUT2D eigenvalue weighted by Gasteiger charge is -2.31. The highest BCUT2D eigenvalue weighted by Crippen LogP contribution is 2.35. The van der Waals surface area contributed by atoms with E-state index in [1.807, 2.05) is 49.4 Å². The minimum absolute atomic E-state index is 0.300. The SMILES string of the molecule is CCOC(=O)c1cc2c(nc1-c1ccccc1)N(c1ccnc(NC3CCC(N)CC3)n1)CCC2. The predicted octanol–water partition coefficient (Wildman–Crippen LogP) is 4.48. The Morgan fingerprint density at radius 2 is 1.94 bits per heavy atom. The largest absolute Gasteiger partial charge is 0.462 e. The summed E-state index contributed by atoms with van der Waals surface area (Å²) >= 11 is 0. The fourth-order valence-electron chi connectivity index (χ4n) is 4.91. The summed E-state index contributed by atoms with van der Waals surface area (Å²) < 4.78 is 5.36. The summed E-state index contributed by atoms with van der Waals surface area (Å²) in [6.45, 7) is 2.93. The first-order valence-electron chi connectivity index (χ1n) is 12.5. The average molecular weight is 473 g/mol. The second-order valence-electron chi connectivity index (χ2n) is 9.20. The number of hydrogen-bond acceptors (Lipinski definition) is 8. The highest BCUT2D eigenvalue weighted by Gasteiger charge is 2.27. The van der Waals surface area contributed by atoms with Crippen molar-refractivity contribution < 1.29 is 9.53 Å². The first-order chi connectivity index (χ1) is 17.1. The topological polar surface area (TPSA) is 106 Å². The molecular formula is C27H32N6O2. The number of nitrogens with zero attached hydrogens (tertiary/aromatic N) is 4. The first kappa shape index (κ1) is 23.2. The van der Waals surface area contributed by atoms with Gasteiger partial charge in [0.05, 0.1) is 17.9 Å². The molecule has 0 saturated heterocycles. The van der Waals surface area contributed by atoms with Gasteiger partial charge in [-0.15, -0.1) is 0 Å². The van der Waals surface area contributed by atoms with E-state index in [9.17, 15) is 4.79 Å². The van der Waals surface area contributed by atoms with Gasteiger partial charge in [-0.2, -0.15) is 4.98 Å². The van der Waals surface area contributed by atoms with Crippen molar-refractivity contribution in [3.05, 3.63) is 59.8 Å². The van der Waals surface area contributed by atoms with Crippen LogP contribution in [-0.4, -0.2) is 46.2 Å². The van der Waals surface area contributed by atoms with Crippen LogP contribution in [0.15, 0.2) is 48.7 Å². The van der Waals surface area contributed by atoms with Crippen LogP contribution < -0.4 is 16.0 Å². The number of carbonyl (C=O) groups excluding carboxylic acids is 1. The lowest BCUT2D eigenvalue weighted by molar-refractivity contribution is 0.0526. The minimum atomic E-state index is -0.348. The number of nitrogens with one attached hydrogen (secondary N) is 1. The summed E-state index contributed by atoms with van der Waals surface area (Å²) in [7, 11) is 0. The van der Waals surface area contributed by atoms with E-state index in [0.717, 1.165) is 67.8 Å². The van der Waals surface area contributed by atoms with Gasteiger partial charge in [0.2, 0.25) is 5.95 Å². The molecule has 0 radical (unpaired) electrons. The van der Waals surface area contributed by atoms with Crippen molar-refractivity contribution in [3.63, 3.8) is 0 Å². The predicted molar refractivity (Wildman–Crippen MR) is 137 cm³/mol. The van der Waals surface area contributed by atoms with Crippen molar-refractivity contribution in [1.82, 2.24) is 15.0 Å². The number of carbonyl (C=O) groups is 1. The van der Waals surface area contributed by atoms with Gasteiger partial charge in [0.1, 0.15) is 11.6 Å². The number of nitrogens with two attached hydrogens (primary N) is 1. The number of fused-ring (bicyclic) bond motifs is 1. The van der Waals surface area contributed by atoms with E-state index in [1.54, 1.807) is 6.20 Å². The first-order valence-corrected chi connectivity index (χ1v) is 12.5. The summed E-state index contributed by atoms with van der Waals surface area (Å²) in [6.07, 6.45) is 7.67. The smallest absolute Gasteiger partial charge is 0.340 e. The van der Waals surface area contributed by atoms with Crippen LogP contribution in [0.1, 0.15) is 54.9 Å². The Hall–Kier alpha value is -3.52. The van der Waals surface area contributed by atoms with Crippen molar-refractivity contribution in [1.29, 1.82) is 0 Å². The molecule has 35 heavy (non-hydrogen) atoms. The van der Waals surface area contributed by atoms with Crippen molar-refractivity contribution in [2.45, 2.75) is 57.5 Å². The fourth-order valence-corrected chi connectivity index (χ4v) is 4.91. The number of anilines is 3. The standard InChI is InChI=1S/C27H32N6O2/c1-2-35-26(34)22-17-19-9-6-16-33(25(19)32-24(22)18-7-4-3-5-8-18)23-14-15-29-27(31-23)30-21-12-10-20(28)11-13-21/h3-5,7-8,14-15,17,20-21H,2,6,9-13,16,28H2,1H3,(H,29,30,31). The zero-order chi connectivity index (χ0) is 24.2. The van der Waals surface area contributed by atoms with Gasteiger partial charge in [0, 0.05) is 30.4 Å². The van der Waals surface area contributed by atoms with Crippen molar-refractivity contribution in [3.8, 4) is 11.3 Å². The summed E-state index contributed by atoms with van der Waals surface area (Å²) in [5, 5.41) is 3.49. The Bertz CT molecular complexity index is 1180. The van der Waals surface area contributed by atoms with E-state index in [4.69, 9.17) is 20.4 Å². The third-order valence-electron chi connectivity index (χ3n) is 6.73. The van der Waals surface area contributed by atoms with Crippen LogP contribution in [0.2, 0.25) is 0 Å². The molecule has 1 fully saturated rings. The molecule has 0 spiro atoms. The molecule has 2 aliphatic rings. The molecule has 8 heteroatoms. The third-order valence-corrected chi connectivity index (χ3v) is 6.73. The molecule has 0 amide bonds. The summed E-state index contributed by atoms with van der Waals surface area (Å²) in [5.74, 6) is 1.91. The second-order valence-corrected chi connectivity index (χ2v) is 9.20. The molecule has 0 bridgehead atoms. The molecule has 3 N–H and O–H groups in total. The van der Waals surface area contributed by atoms with E-state index >= 15 is 0 Å². The van der Waals surface area contributed by atoms with E-state index in [1.165, 1.54) is 0 Å². The van der Waals surface area contributed by atoms with Crippen LogP contribution in [0, 0.1) is 0 Å². The van der Waals surface area contributed by atoms with Gasteiger partial charge < -0.3 is 20.7 Å². The Morgan fingerprint density at radius 1 is 1.14 bits per heavy atom. The van der Waals surface area contributed by atoms with E-state index in [0.29, 0.717) is 35.9 Å². The molecule has 3 heterocycles. The van der Waals surface area contributed by atoms with Crippen LogP contribution in [0.5, 0.6) is 0 Å². The van der Waals surface area contributed by atoms with Gasteiger partial charge in [0.25, 0.3) is 0 Å². The number of aryl methyl sites for hydroxylation is 1. The van der Waals surface area contributed by atoms with E-state index in [-0.39, 0.29) is 5.97 Å². The molecule has 8 nitrogen and oxygen atoms in total. The molecule has 3 aromatic rings. The van der Waals surface area contributed by atoms with Crippen LogP contribution in [0.25, 0.3) is 11.3 Å². The maximum atomic E-state index is 12.8. The van der Waals surface area contributed by atoms with Gasteiger partial charge in [-0.3, -0.25) is 0 Å². The number of hydrogen-bond donors (Lipinski definition) is 2. The molecule has 0 atom stereocenters. The third kappa shape index (κ3) is 5.12. The zero-order valence-electron chi connectivity index (χ0n) is 20.1. The van der Waals surface area contributed by atoms with Crippen LogP contribution in [-0.2, 0) is 11.2 Å². The molecule has 1 aromatic carbocycles. The van der Waals surface area contributed by atoms with Gasteiger partial charge >= 0.3 is 5.97 Å². The molecule has 0 unspecified atom stereocenters. The maximum absolute atomic E-state index is 12.8. The maximum Gasteiger partial charge on any atom is 0.340 e. The highest BCUT2D eigenvalue weighted by molar-refractivity contribution is 5.97. The molecule has 1 saturated carbocycles. The number of rotatable bonds is 6. The average Bonchev–Trinajstić information content (AvgIpc) is 2.90. The van der Waals surface area contributed by atoms with Gasteiger partial charge in [-0.05, 0) is 63.1 Å². The Labute approximate surface area is 205 Å². The van der Waals surface area contributed by atoms with Gasteiger partial charge in [-0.25, -0.2) is 14.8 Å².